The lowest BCUT2D eigenvalue weighted by Crippen LogP contribution is -2.44. The van der Waals surface area contributed by atoms with E-state index in [0.717, 1.165) is 6.54 Å². The molecule has 1 aliphatic heterocycles. The highest BCUT2D eigenvalue weighted by Crippen LogP contribution is 2.38. The van der Waals surface area contributed by atoms with Gasteiger partial charge in [0.25, 0.3) is 0 Å². The fourth-order valence-corrected chi connectivity index (χ4v) is 2.94. The van der Waals surface area contributed by atoms with Crippen LogP contribution in [0.15, 0.2) is 0 Å². The molecule has 1 saturated heterocycles. The Balaban J connectivity index is 2.51. The zero-order valence-electron chi connectivity index (χ0n) is 10.5. The average Bonchev–Trinajstić information content (AvgIpc) is 2.31. The Hall–Kier alpha value is 0.137. The number of rotatable bonds is 2. The lowest BCUT2D eigenvalue weighted by Gasteiger charge is -2.38. The first-order valence-corrected chi connectivity index (χ1v) is 8.54. The van der Waals surface area contributed by atoms with Gasteiger partial charge in [0.15, 0.2) is 8.32 Å². The van der Waals surface area contributed by atoms with E-state index in [-0.39, 0.29) is 0 Å². The van der Waals surface area contributed by atoms with Crippen LogP contribution >= 0.6 is 0 Å². The molecule has 1 N–H and O–H groups in total. The van der Waals surface area contributed by atoms with Gasteiger partial charge in [-0.15, -0.1) is 0 Å². The van der Waals surface area contributed by atoms with Gasteiger partial charge in [-0.25, -0.2) is 0 Å². The predicted octanol–water partition coefficient (Wildman–Crippen LogP) is 2.76. The SMILES string of the molecule is C[C@@H]1C[C@@H](O[Si](C)(C)C(C)(C)C)CN1. The molecule has 2 atom stereocenters. The van der Waals surface area contributed by atoms with E-state index in [0.29, 0.717) is 17.2 Å². The Kier molecular flexibility index (Phi) is 3.44. The fraction of sp³-hybridized carbons (Fsp3) is 1.00. The van der Waals surface area contributed by atoms with Crippen LogP contribution in [0, 0.1) is 0 Å². The summed E-state index contributed by atoms with van der Waals surface area (Å²) in [4.78, 5) is 0. The molecular formula is C11H25NOSi. The van der Waals surface area contributed by atoms with Gasteiger partial charge in [-0.2, -0.15) is 0 Å². The van der Waals surface area contributed by atoms with Gasteiger partial charge in [-0.1, -0.05) is 20.8 Å². The first-order chi connectivity index (χ1) is 6.22. The monoisotopic (exact) mass is 215 g/mol. The van der Waals surface area contributed by atoms with Gasteiger partial charge < -0.3 is 9.74 Å². The lowest BCUT2D eigenvalue weighted by atomic mass is 10.2. The molecule has 0 aromatic rings. The summed E-state index contributed by atoms with van der Waals surface area (Å²) in [5, 5.41) is 3.77. The largest absolute Gasteiger partial charge is 0.413 e. The van der Waals surface area contributed by atoms with Crippen molar-refractivity contribution in [2.24, 2.45) is 0 Å². The summed E-state index contributed by atoms with van der Waals surface area (Å²) >= 11 is 0. The third-order valence-electron chi connectivity index (χ3n) is 3.58. The van der Waals surface area contributed by atoms with Gasteiger partial charge in [0.2, 0.25) is 0 Å². The highest BCUT2D eigenvalue weighted by molar-refractivity contribution is 6.74. The molecule has 0 aliphatic carbocycles. The minimum absolute atomic E-state index is 0.332. The van der Waals surface area contributed by atoms with Crippen LogP contribution in [0.25, 0.3) is 0 Å². The van der Waals surface area contributed by atoms with Crippen molar-refractivity contribution < 1.29 is 4.43 Å². The molecule has 2 nitrogen and oxygen atoms in total. The summed E-state index contributed by atoms with van der Waals surface area (Å²) in [6, 6.07) is 0.629. The van der Waals surface area contributed by atoms with E-state index >= 15 is 0 Å². The van der Waals surface area contributed by atoms with E-state index in [1.54, 1.807) is 0 Å². The summed E-state index contributed by atoms with van der Waals surface area (Å²) in [5.74, 6) is 0. The molecule has 0 spiro atoms. The summed E-state index contributed by atoms with van der Waals surface area (Å²) < 4.78 is 6.31. The van der Waals surface area contributed by atoms with Crippen LogP contribution in [-0.2, 0) is 4.43 Å². The zero-order valence-corrected chi connectivity index (χ0v) is 11.5. The van der Waals surface area contributed by atoms with E-state index in [2.05, 4.69) is 46.1 Å². The first kappa shape index (κ1) is 12.2. The molecule has 1 fully saturated rings. The van der Waals surface area contributed by atoms with E-state index in [1.165, 1.54) is 6.42 Å². The van der Waals surface area contributed by atoms with E-state index in [1.807, 2.05) is 0 Å². The lowest BCUT2D eigenvalue weighted by molar-refractivity contribution is 0.198. The molecule has 3 heteroatoms. The van der Waals surface area contributed by atoms with Crippen molar-refractivity contribution in [2.45, 2.75) is 64.4 Å². The van der Waals surface area contributed by atoms with Gasteiger partial charge in [0.1, 0.15) is 0 Å². The first-order valence-electron chi connectivity index (χ1n) is 5.63. The summed E-state index contributed by atoms with van der Waals surface area (Å²) in [5.41, 5.74) is 0. The van der Waals surface area contributed by atoms with Crippen LogP contribution in [0.3, 0.4) is 0 Å². The molecular weight excluding hydrogens is 190 g/mol. The van der Waals surface area contributed by atoms with Gasteiger partial charge in [-0.05, 0) is 31.5 Å². The molecule has 0 unspecified atom stereocenters. The molecule has 0 saturated carbocycles. The van der Waals surface area contributed by atoms with Gasteiger partial charge >= 0.3 is 0 Å². The van der Waals surface area contributed by atoms with Crippen molar-refractivity contribution in [3.8, 4) is 0 Å². The normalized spacial score (nSPS) is 29.6. The number of nitrogens with one attached hydrogen (secondary N) is 1. The predicted molar refractivity (Wildman–Crippen MR) is 64.2 cm³/mol. The third kappa shape index (κ3) is 2.81. The third-order valence-corrected chi connectivity index (χ3v) is 8.11. The molecule has 0 bridgehead atoms. The standard InChI is InChI=1S/C11H25NOSi/c1-9-7-10(8-12-9)13-14(5,6)11(2,3)4/h9-10,12H,7-8H2,1-6H3/t9-,10-/m1/s1. The second-order valence-corrected chi connectivity index (χ2v) is 10.8. The van der Waals surface area contributed by atoms with Crippen LogP contribution in [0.2, 0.25) is 18.1 Å². The van der Waals surface area contributed by atoms with E-state index in [4.69, 9.17) is 4.43 Å². The molecule has 0 aromatic carbocycles. The highest BCUT2D eigenvalue weighted by Gasteiger charge is 2.40. The maximum atomic E-state index is 6.31. The summed E-state index contributed by atoms with van der Waals surface area (Å²) in [6.45, 7) is 14.8. The van der Waals surface area contributed by atoms with E-state index in [9.17, 15) is 0 Å². The Morgan fingerprint density at radius 3 is 2.21 bits per heavy atom. The van der Waals surface area contributed by atoms with Crippen molar-refractivity contribution in [3.63, 3.8) is 0 Å². The average molecular weight is 215 g/mol. The van der Waals surface area contributed by atoms with Crippen LogP contribution in [0.1, 0.15) is 34.1 Å². The second-order valence-electron chi connectivity index (χ2n) is 6.05. The molecule has 0 radical (unpaired) electrons. The van der Waals surface area contributed by atoms with Crippen LogP contribution in [0.4, 0.5) is 0 Å². The molecule has 0 aromatic heterocycles. The van der Waals surface area contributed by atoms with Gasteiger partial charge in [-0.3, -0.25) is 0 Å². The van der Waals surface area contributed by atoms with Crippen molar-refractivity contribution >= 4 is 8.32 Å². The summed E-state index contributed by atoms with van der Waals surface area (Å²) in [7, 11) is -1.54. The molecule has 1 heterocycles. The maximum absolute atomic E-state index is 6.31. The summed E-state index contributed by atoms with van der Waals surface area (Å²) in [6.07, 6.45) is 1.62. The molecule has 0 amide bonds. The van der Waals surface area contributed by atoms with Crippen LogP contribution in [-0.4, -0.2) is 27.0 Å². The Labute approximate surface area is 89.6 Å². The highest BCUT2D eigenvalue weighted by atomic mass is 28.4. The van der Waals surface area contributed by atoms with Crippen molar-refractivity contribution in [2.75, 3.05) is 6.54 Å². The van der Waals surface area contributed by atoms with Crippen LogP contribution in [0.5, 0.6) is 0 Å². The van der Waals surface area contributed by atoms with Gasteiger partial charge in [0, 0.05) is 12.6 Å². The van der Waals surface area contributed by atoms with Crippen LogP contribution < -0.4 is 5.32 Å². The topological polar surface area (TPSA) is 21.3 Å². The smallest absolute Gasteiger partial charge is 0.192 e. The molecule has 14 heavy (non-hydrogen) atoms. The Morgan fingerprint density at radius 1 is 1.29 bits per heavy atom. The molecule has 84 valence electrons. The molecule has 1 rings (SSSR count). The molecule has 1 aliphatic rings. The van der Waals surface area contributed by atoms with E-state index < -0.39 is 8.32 Å². The fourth-order valence-electron chi connectivity index (χ4n) is 1.58. The van der Waals surface area contributed by atoms with Crippen molar-refractivity contribution in [3.05, 3.63) is 0 Å². The quantitative estimate of drug-likeness (QED) is 0.715. The number of hydrogen-bond donors (Lipinski definition) is 1. The maximum Gasteiger partial charge on any atom is 0.192 e. The minimum Gasteiger partial charge on any atom is -0.413 e. The second kappa shape index (κ2) is 3.95. The Bertz CT molecular complexity index is 198. The number of hydrogen-bond acceptors (Lipinski definition) is 2. The Morgan fingerprint density at radius 2 is 1.86 bits per heavy atom. The van der Waals surface area contributed by atoms with Crippen molar-refractivity contribution in [1.82, 2.24) is 5.32 Å². The minimum atomic E-state index is -1.54. The van der Waals surface area contributed by atoms with Crippen molar-refractivity contribution in [1.29, 1.82) is 0 Å². The zero-order chi connectivity index (χ0) is 11.0. The van der Waals surface area contributed by atoms with Gasteiger partial charge in [0.05, 0.1) is 6.10 Å².